The molecule has 12 amide bonds. The molecule has 0 aromatic rings. The number of alkyl halides is 2. The molecule has 3 aliphatic heterocycles. The van der Waals surface area contributed by atoms with Crippen molar-refractivity contribution in [2.24, 2.45) is 35.0 Å². The molecule has 5 fully saturated rings. The monoisotopic (exact) mass is 1480 g/mol. The van der Waals surface area contributed by atoms with E-state index >= 15 is 28.8 Å². The Morgan fingerprint density at radius 1 is 0.641 bits per heavy atom. The lowest BCUT2D eigenvalue weighted by Crippen LogP contribution is -2.71. The molecule has 6 aliphatic rings. The van der Waals surface area contributed by atoms with Gasteiger partial charge in [0.05, 0.1) is 37.1 Å². The Hall–Kier alpha value is -6.08. The molecule has 3 heterocycles. The van der Waals surface area contributed by atoms with Crippen molar-refractivity contribution in [1.82, 2.24) is 60.0 Å². The lowest BCUT2D eigenvalue weighted by molar-refractivity contribution is -0.161. The summed E-state index contributed by atoms with van der Waals surface area (Å²) in [6.07, 6.45) is 11.1. The van der Waals surface area contributed by atoms with Crippen molar-refractivity contribution in [3.05, 3.63) is 12.2 Å². The number of ether oxygens (including phenoxy) is 1. The van der Waals surface area contributed by atoms with Gasteiger partial charge in [0.15, 0.2) is 0 Å². The number of carbonyl (C=O) groups is 12. The quantitative estimate of drug-likeness (QED) is 0.116. The molecule has 582 valence electrons. The Kier molecular flexibility index (Phi) is 31.6. The van der Waals surface area contributed by atoms with Gasteiger partial charge in [0.2, 0.25) is 70.9 Å². The van der Waals surface area contributed by atoms with Crippen LogP contribution >= 0.6 is 23.2 Å². The van der Waals surface area contributed by atoms with E-state index in [-0.39, 0.29) is 86.7 Å². The first-order valence-electron chi connectivity index (χ1n) is 38.2. The fraction of sp³-hybridized carbons (Fsp3) is 0.816. The first kappa shape index (κ1) is 85.8. The molecule has 103 heavy (non-hydrogen) atoms. The van der Waals surface area contributed by atoms with Crippen molar-refractivity contribution in [1.29, 1.82) is 0 Å². The standard InChI is InChI=1S/C76H126Cl2N12O13/c1-19-26-56-66(94)80-64(48(8)20-2)72(100)84(14)43-63(93)86(16)57-27-24-23-25-36-89(71(57)99)60(38-50-30-28-47(7)29-31-50)70(98)83(13)42-61(91)79-55(35-33-49-32-34-53(77)54(78)37-49)68(96)90-41-52(103-46(5)6)39-58(90)67(95)81-76(44-75(9,10)45-76)74(102)88(18)65(51(21-3)22-4)73(101)87(17)59(69(97)82(11)12)40-62(92)85(56)15/h23-24,46-60,64-65H,19-22,25-45H2,1-18H3,(H,79,91)(H,80,94)(H,81,95)/b24-23-/t47?,48-,49?,50?,52+,53?,54?,55-,56-,57-,58-,59-,60-,64-,65-/m0/s1. The summed E-state index contributed by atoms with van der Waals surface area (Å²) in [5.41, 5.74) is -2.08. The number of hydrogen-bond donors (Lipinski definition) is 3. The van der Waals surface area contributed by atoms with Crippen LogP contribution in [0, 0.1) is 35.0 Å². The first-order chi connectivity index (χ1) is 48.4. The van der Waals surface area contributed by atoms with E-state index in [4.69, 9.17) is 27.9 Å². The summed E-state index contributed by atoms with van der Waals surface area (Å²) in [6.45, 7) is 18.1. The summed E-state index contributed by atoms with van der Waals surface area (Å²) < 4.78 is 6.37. The minimum absolute atomic E-state index is 0.0346. The van der Waals surface area contributed by atoms with Crippen molar-refractivity contribution in [2.75, 3.05) is 82.6 Å². The molecule has 2 bridgehead atoms. The van der Waals surface area contributed by atoms with Crippen LogP contribution in [0.25, 0.3) is 0 Å². The van der Waals surface area contributed by atoms with E-state index in [9.17, 15) is 28.8 Å². The molecular weight excluding hydrogens is 1360 g/mol. The number of halogens is 2. The summed E-state index contributed by atoms with van der Waals surface area (Å²) in [5.74, 6) is -7.63. The molecule has 6 rings (SSSR count). The number of nitrogens with zero attached hydrogens (tertiary/aromatic N) is 9. The largest absolute Gasteiger partial charge is 0.374 e. The number of rotatable bonds is 15. The van der Waals surface area contributed by atoms with Gasteiger partial charge in [-0.25, -0.2) is 0 Å². The molecule has 0 aromatic heterocycles. The number of fused-ring (bicyclic) bond motifs is 3. The zero-order chi connectivity index (χ0) is 76.9. The third-order valence-electron chi connectivity index (χ3n) is 23.2. The topological polar surface area (TPSA) is 279 Å². The molecule has 3 unspecified atom stereocenters. The number of hydrogen-bond acceptors (Lipinski definition) is 13. The van der Waals surface area contributed by atoms with E-state index in [1.165, 1.54) is 95.6 Å². The smallest absolute Gasteiger partial charge is 0.248 e. The van der Waals surface area contributed by atoms with Gasteiger partial charge in [-0.3, -0.25) is 57.5 Å². The molecular formula is C76H126Cl2N12O13. The maximum atomic E-state index is 15.8. The average Bonchev–Trinajstić information content (AvgIpc) is 1.30. The molecule has 3 N–H and O–H groups in total. The molecule has 2 saturated heterocycles. The van der Waals surface area contributed by atoms with Crippen LogP contribution in [0.3, 0.4) is 0 Å². The van der Waals surface area contributed by atoms with Crippen molar-refractivity contribution in [3.63, 3.8) is 0 Å². The minimum Gasteiger partial charge on any atom is -0.374 e. The predicted octanol–water partition coefficient (Wildman–Crippen LogP) is 6.58. The van der Waals surface area contributed by atoms with Gasteiger partial charge in [0, 0.05) is 81.3 Å². The van der Waals surface area contributed by atoms with Gasteiger partial charge in [0.25, 0.3) is 0 Å². The van der Waals surface area contributed by atoms with Crippen LogP contribution in [-0.2, 0) is 62.3 Å². The van der Waals surface area contributed by atoms with Gasteiger partial charge in [-0.2, -0.15) is 0 Å². The van der Waals surface area contributed by atoms with Crippen LogP contribution in [-0.4, -0.2) is 274 Å². The third kappa shape index (κ3) is 21.6. The lowest BCUT2D eigenvalue weighted by Gasteiger charge is -2.54. The van der Waals surface area contributed by atoms with Crippen molar-refractivity contribution >= 4 is 94.1 Å². The highest BCUT2D eigenvalue weighted by Crippen LogP contribution is 2.50. The third-order valence-corrected chi connectivity index (χ3v) is 24.3. The summed E-state index contributed by atoms with van der Waals surface area (Å²) >= 11 is 13.4. The molecule has 3 saturated carbocycles. The van der Waals surface area contributed by atoms with Gasteiger partial charge in [-0.15, -0.1) is 23.2 Å². The molecule has 25 nitrogen and oxygen atoms in total. The second-order valence-electron chi connectivity index (χ2n) is 32.4. The molecule has 0 aromatic carbocycles. The lowest BCUT2D eigenvalue weighted by atomic mass is 9.58. The highest BCUT2D eigenvalue weighted by molar-refractivity contribution is 6.30. The molecule has 1 spiro atoms. The zero-order valence-electron chi connectivity index (χ0n) is 65.2. The Morgan fingerprint density at radius 3 is 1.85 bits per heavy atom. The average molecular weight is 1490 g/mol. The Balaban J connectivity index is 1.49. The molecule has 13 atom stereocenters. The summed E-state index contributed by atoms with van der Waals surface area (Å²) in [4.78, 5) is 194. The highest BCUT2D eigenvalue weighted by atomic mass is 35.5. The normalized spacial score (nSPS) is 31.5. The second-order valence-corrected chi connectivity index (χ2v) is 33.5. The van der Waals surface area contributed by atoms with Crippen molar-refractivity contribution in [3.8, 4) is 0 Å². The van der Waals surface area contributed by atoms with Crippen LogP contribution < -0.4 is 16.0 Å². The number of likely N-dealkylation sites (N-methyl/N-ethyl adjacent to an activating group) is 7. The van der Waals surface area contributed by atoms with Crippen LogP contribution in [0.2, 0.25) is 0 Å². The minimum atomic E-state index is -1.60. The van der Waals surface area contributed by atoms with Crippen molar-refractivity contribution in [2.45, 2.75) is 281 Å². The van der Waals surface area contributed by atoms with Crippen molar-refractivity contribution < 1.29 is 62.3 Å². The van der Waals surface area contributed by atoms with Crippen LogP contribution in [0.15, 0.2) is 12.2 Å². The number of nitrogens with one attached hydrogen (secondary N) is 3. The highest BCUT2D eigenvalue weighted by Gasteiger charge is 2.59. The van der Waals surface area contributed by atoms with Gasteiger partial charge in [-0.1, -0.05) is 119 Å². The van der Waals surface area contributed by atoms with Gasteiger partial charge < -0.3 is 64.8 Å². The Morgan fingerprint density at radius 2 is 1.27 bits per heavy atom. The SMILES string of the molecule is CCC[C@H]1C(=O)N[C@@H]([C@@H](C)CC)C(=O)N(C)CC(=O)N(C)[C@H]2C/C=C\CCN(C2=O)[C@@H](CC2CCC(C)CC2)C(=O)N(C)CC(=O)N[C@@H](CCC2CCC(Cl)C(Cl)C2)C(=O)N2C[C@H](OC(C)C)C[C@H]2C(=O)NC2(CC(C)(C)C2)C(=O)N(C)[C@@H](C(CC)CC)C(=O)N(C)[C@H](C(=O)N(C)C)CC(=O)N1C. The van der Waals surface area contributed by atoms with E-state index in [1.54, 1.807) is 11.8 Å². The molecule has 3 aliphatic carbocycles. The predicted molar refractivity (Wildman–Crippen MR) is 397 cm³/mol. The fourth-order valence-electron chi connectivity index (χ4n) is 16.8. The first-order valence-corrected chi connectivity index (χ1v) is 39.1. The number of carbonyl (C=O) groups excluding carboxylic acids is 12. The van der Waals surface area contributed by atoms with Gasteiger partial charge in [0.1, 0.15) is 53.9 Å². The van der Waals surface area contributed by atoms with E-state index in [1.807, 2.05) is 67.5 Å². The van der Waals surface area contributed by atoms with E-state index in [2.05, 4.69) is 22.9 Å². The fourth-order valence-corrected chi connectivity index (χ4v) is 17.4. The second kappa shape index (κ2) is 37.9. The van der Waals surface area contributed by atoms with Crippen LogP contribution in [0.5, 0.6) is 0 Å². The Bertz CT molecular complexity index is 3020. The van der Waals surface area contributed by atoms with Gasteiger partial charge >= 0.3 is 0 Å². The van der Waals surface area contributed by atoms with E-state index in [0.29, 0.717) is 57.3 Å². The van der Waals surface area contributed by atoms with Gasteiger partial charge in [-0.05, 0) is 119 Å². The molecule has 27 heteroatoms. The summed E-state index contributed by atoms with van der Waals surface area (Å²) in [5, 5.41) is 8.52. The Labute approximate surface area is 624 Å². The zero-order valence-corrected chi connectivity index (χ0v) is 66.7. The van der Waals surface area contributed by atoms with E-state index in [0.717, 1.165) is 32.1 Å². The maximum absolute atomic E-state index is 15.8. The summed E-state index contributed by atoms with van der Waals surface area (Å²) in [6, 6.07) is -9.64. The molecule has 0 radical (unpaired) electrons. The van der Waals surface area contributed by atoms with E-state index < -0.39 is 168 Å². The van der Waals surface area contributed by atoms with Crippen LogP contribution in [0.1, 0.15) is 204 Å². The van der Waals surface area contributed by atoms with Crippen LogP contribution in [0.4, 0.5) is 0 Å². The summed E-state index contributed by atoms with van der Waals surface area (Å²) in [7, 11) is 11.8. The maximum Gasteiger partial charge on any atom is 0.248 e. The number of amides is 12.